The van der Waals surface area contributed by atoms with Crippen molar-refractivity contribution >= 4 is 27.5 Å². The number of hydrogen-bond acceptors (Lipinski definition) is 5. The summed E-state index contributed by atoms with van der Waals surface area (Å²) in [6, 6.07) is 21.1. The molecule has 8 nitrogen and oxygen atoms in total. The van der Waals surface area contributed by atoms with E-state index in [1.54, 1.807) is 36.4 Å². The van der Waals surface area contributed by atoms with Crippen molar-refractivity contribution in [3.8, 4) is 5.75 Å². The number of ether oxygens (including phenoxy) is 1. The van der Waals surface area contributed by atoms with Gasteiger partial charge < -0.3 is 15.0 Å². The number of halogens is 1. The van der Waals surface area contributed by atoms with E-state index in [1.165, 1.54) is 17.0 Å². The summed E-state index contributed by atoms with van der Waals surface area (Å²) in [6.07, 6.45) is 6.37. The monoisotopic (exact) mass is 609 g/mol. The second kappa shape index (κ2) is 15.0. The average Bonchev–Trinajstić information content (AvgIpc) is 3.00. The largest absolute Gasteiger partial charge is 0.489 e. The lowest BCUT2D eigenvalue weighted by atomic mass is 9.95. The van der Waals surface area contributed by atoms with Crippen molar-refractivity contribution in [1.82, 2.24) is 10.2 Å². The molecule has 1 atom stereocenters. The fourth-order valence-corrected chi connectivity index (χ4v) is 6.16. The van der Waals surface area contributed by atoms with E-state index in [0.717, 1.165) is 48.2 Å². The van der Waals surface area contributed by atoms with Gasteiger partial charge >= 0.3 is 0 Å². The van der Waals surface area contributed by atoms with Gasteiger partial charge in [-0.05, 0) is 66.8 Å². The number of nitrogens with one attached hydrogen (secondary N) is 1. The zero-order valence-corrected chi connectivity index (χ0v) is 25.6. The summed E-state index contributed by atoms with van der Waals surface area (Å²) in [6.45, 7) is 1.70. The van der Waals surface area contributed by atoms with Gasteiger partial charge in [0.15, 0.2) is 0 Å². The summed E-state index contributed by atoms with van der Waals surface area (Å²) < 4.78 is 46.3. The molecule has 1 fully saturated rings. The predicted molar refractivity (Wildman–Crippen MR) is 165 cm³/mol. The molecule has 0 heterocycles. The third kappa shape index (κ3) is 9.28. The molecule has 3 aromatic carbocycles. The Bertz CT molecular complexity index is 1440. The lowest BCUT2D eigenvalue weighted by molar-refractivity contribution is -0.140. The highest BCUT2D eigenvalue weighted by molar-refractivity contribution is 7.92. The van der Waals surface area contributed by atoms with Crippen LogP contribution in [0.3, 0.4) is 0 Å². The van der Waals surface area contributed by atoms with E-state index in [2.05, 4.69) is 5.32 Å². The van der Waals surface area contributed by atoms with Gasteiger partial charge in [0.1, 0.15) is 30.8 Å². The first-order valence-corrected chi connectivity index (χ1v) is 16.6. The van der Waals surface area contributed by atoms with E-state index in [0.29, 0.717) is 30.0 Å². The highest BCUT2D eigenvalue weighted by Crippen LogP contribution is 2.24. The van der Waals surface area contributed by atoms with Crippen LogP contribution in [0.4, 0.5) is 10.1 Å². The molecule has 10 heteroatoms. The summed E-state index contributed by atoms with van der Waals surface area (Å²) in [5, 5.41) is 3.11. The molecule has 1 saturated carbocycles. The standard InChI is InChI=1S/C33H40FN3O5S/c1-3-31(33(39)35-28-12-8-5-9-13-28)36(22-25-14-16-27(34)17-15-25)32(38)23-37(43(2,40)41)29-18-20-30(21-19-29)42-24-26-10-6-4-7-11-26/h4,6-7,10-11,14-21,28,31H,3,5,8-9,12-13,22-24H2,1-2H3,(H,35,39)/t31-/m0/s1. The van der Waals surface area contributed by atoms with Crippen LogP contribution in [-0.4, -0.2) is 50.0 Å². The molecule has 0 aliphatic heterocycles. The van der Waals surface area contributed by atoms with Gasteiger partial charge in [0.05, 0.1) is 11.9 Å². The van der Waals surface area contributed by atoms with E-state index in [-0.39, 0.29) is 18.5 Å². The third-order valence-corrected chi connectivity index (χ3v) is 8.80. The quantitative estimate of drug-likeness (QED) is 0.279. The van der Waals surface area contributed by atoms with Gasteiger partial charge in [0, 0.05) is 12.6 Å². The van der Waals surface area contributed by atoms with Crippen molar-refractivity contribution in [3.05, 3.63) is 95.8 Å². The Morgan fingerprint density at radius 1 is 0.930 bits per heavy atom. The number of amides is 2. The van der Waals surface area contributed by atoms with Crippen molar-refractivity contribution < 1.29 is 27.1 Å². The van der Waals surface area contributed by atoms with Crippen LogP contribution in [0.5, 0.6) is 5.75 Å². The summed E-state index contributed by atoms with van der Waals surface area (Å²) in [7, 11) is -3.87. The lowest BCUT2D eigenvalue weighted by Crippen LogP contribution is -2.53. The van der Waals surface area contributed by atoms with Crippen LogP contribution in [0.1, 0.15) is 56.6 Å². The first kappa shape index (κ1) is 32.0. The van der Waals surface area contributed by atoms with Crippen LogP contribution in [0, 0.1) is 5.82 Å². The van der Waals surface area contributed by atoms with Gasteiger partial charge in [-0.15, -0.1) is 0 Å². The maximum absolute atomic E-state index is 13.9. The predicted octanol–water partition coefficient (Wildman–Crippen LogP) is 5.43. The summed E-state index contributed by atoms with van der Waals surface area (Å²) in [5.41, 5.74) is 1.92. The van der Waals surface area contributed by atoms with Gasteiger partial charge in [-0.1, -0.05) is 68.7 Å². The van der Waals surface area contributed by atoms with Crippen LogP contribution in [0.25, 0.3) is 0 Å². The number of carbonyl (C=O) groups excluding carboxylic acids is 2. The molecule has 3 aromatic rings. The van der Waals surface area contributed by atoms with Gasteiger partial charge in [-0.3, -0.25) is 13.9 Å². The molecule has 0 unspecified atom stereocenters. The fraction of sp³-hybridized carbons (Fsp3) is 0.394. The minimum absolute atomic E-state index is 0.0274. The lowest BCUT2D eigenvalue weighted by Gasteiger charge is -2.34. The normalized spacial score (nSPS) is 14.5. The molecular formula is C33H40FN3O5S. The van der Waals surface area contributed by atoms with E-state index in [9.17, 15) is 22.4 Å². The minimum Gasteiger partial charge on any atom is -0.489 e. The Morgan fingerprint density at radius 3 is 2.19 bits per heavy atom. The molecule has 0 saturated heterocycles. The van der Waals surface area contributed by atoms with Gasteiger partial charge in [0.2, 0.25) is 21.8 Å². The number of hydrogen-bond donors (Lipinski definition) is 1. The highest BCUT2D eigenvalue weighted by Gasteiger charge is 2.32. The topological polar surface area (TPSA) is 96.0 Å². The molecule has 1 N–H and O–H groups in total. The molecule has 0 bridgehead atoms. The molecule has 1 aliphatic rings. The van der Waals surface area contributed by atoms with Crippen LogP contribution < -0.4 is 14.4 Å². The Kier molecular flexibility index (Phi) is 11.2. The average molecular weight is 610 g/mol. The number of carbonyl (C=O) groups is 2. The molecule has 0 aromatic heterocycles. The molecule has 0 spiro atoms. The number of sulfonamides is 1. The third-order valence-electron chi connectivity index (χ3n) is 7.66. The zero-order valence-electron chi connectivity index (χ0n) is 24.7. The van der Waals surface area contributed by atoms with Crippen molar-refractivity contribution in [2.75, 3.05) is 17.1 Å². The summed E-state index contributed by atoms with van der Waals surface area (Å²) in [4.78, 5) is 28.8. The van der Waals surface area contributed by atoms with Crippen LogP contribution in [-0.2, 0) is 32.8 Å². The number of rotatable bonds is 13. The smallest absolute Gasteiger partial charge is 0.244 e. The first-order chi connectivity index (χ1) is 20.6. The minimum atomic E-state index is -3.87. The van der Waals surface area contributed by atoms with E-state index in [4.69, 9.17) is 4.74 Å². The van der Waals surface area contributed by atoms with Gasteiger partial charge in [0.25, 0.3) is 0 Å². The SMILES string of the molecule is CC[C@@H](C(=O)NC1CCCCC1)N(Cc1ccc(F)cc1)C(=O)CN(c1ccc(OCc2ccccc2)cc1)S(C)(=O)=O. The van der Waals surface area contributed by atoms with Crippen molar-refractivity contribution in [2.24, 2.45) is 0 Å². The molecule has 4 rings (SSSR count). The zero-order chi connectivity index (χ0) is 30.8. The Balaban J connectivity index is 1.54. The summed E-state index contributed by atoms with van der Waals surface area (Å²) >= 11 is 0. The van der Waals surface area contributed by atoms with Crippen molar-refractivity contribution in [3.63, 3.8) is 0 Å². The van der Waals surface area contributed by atoms with E-state index in [1.807, 2.05) is 37.3 Å². The Labute approximate surface area is 253 Å². The van der Waals surface area contributed by atoms with Gasteiger partial charge in [-0.25, -0.2) is 12.8 Å². The number of benzene rings is 3. The van der Waals surface area contributed by atoms with Crippen LogP contribution in [0.2, 0.25) is 0 Å². The number of anilines is 1. The second-order valence-electron chi connectivity index (χ2n) is 11.0. The maximum atomic E-state index is 13.9. The van der Waals surface area contributed by atoms with Crippen LogP contribution in [0.15, 0.2) is 78.9 Å². The summed E-state index contributed by atoms with van der Waals surface area (Å²) in [5.74, 6) is -0.667. The molecule has 0 radical (unpaired) electrons. The van der Waals surface area contributed by atoms with Crippen LogP contribution >= 0.6 is 0 Å². The highest BCUT2D eigenvalue weighted by atomic mass is 32.2. The fourth-order valence-electron chi connectivity index (χ4n) is 5.31. The molecular weight excluding hydrogens is 569 g/mol. The Hall–Kier alpha value is -3.92. The van der Waals surface area contributed by atoms with E-state index >= 15 is 0 Å². The van der Waals surface area contributed by atoms with E-state index < -0.39 is 34.3 Å². The van der Waals surface area contributed by atoms with Gasteiger partial charge in [-0.2, -0.15) is 0 Å². The second-order valence-corrected chi connectivity index (χ2v) is 12.9. The number of nitrogens with zero attached hydrogens (tertiary/aromatic N) is 2. The first-order valence-electron chi connectivity index (χ1n) is 14.7. The molecule has 2 amide bonds. The van der Waals surface area contributed by atoms with Crippen molar-refractivity contribution in [1.29, 1.82) is 0 Å². The molecule has 1 aliphatic carbocycles. The Morgan fingerprint density at radius 2 is 1.58 bits per heavy atom. The van der Waals surface area contributed by atoms with Crippen molar-refractivity contribution in [2.45, 2.75) is 70.7 Å². The molecule has 43 heavy (non-hydrogen) atoms. The maximum Gasteiger partial charge on any atom is 0.244 e. The molecule has 230 valence electrons.